The van der Waals surface area contributed by atoms with Gasteiger partial charge < -0.3 is 9.80 Å². The Morgan fingerprint density at radius 1 is 1.22 bits per heavy atom. The molecule has 1 aromatic heterocycles. The summed E-state index contributed by atoms with van der Waals surface area (Å²) in [6.45, 7) is 1.81. The van der Waals surface area contributed by atoms with Crippen molar-refractivity contribution in [2.24, 2.45) is 0 Å². The molecular weight excluding hydrogens is 304 g/mol. The lowest BCUT2D eigenvalue weighted by atomic mass is 9.94. The summed E-state index contributed by atoms with van der Waals surface area (Å²) in [7, 11) is 4.16. The van der Waals surface area contributed by atoms with Gasteiger partial charge in [0.2, 0.25) is 0 Å². The van der Waals surface area contributed by atoms with Crippen molar-refractivity contribution in [2.75, 3.05) is 20.6 Å². The zero-order valence-corrected chi connectivity index (χ0v) is 14.7. The quantitative estimate of drug-likeness (QED) is 0.841. The number of hydrogen-bond acceptors (Lipinski definition) is 3. The third kappa shape index (κ3) is 3.82. The van der Waals surface area contributed by atoms with E-state index in [-0.39, 0.29) is 11.9 Å². The highest BCUT2D eigenvalue weighted by molar-refractivity contribution is 7.12. The summed E-state index contributed by atoms with van der Waals surface area (Å²) in [5, 5.41) is 1.97. The molecule has 3 nitrogen and oxygen atoms in total. The van der Waals surface area contributed by atoms with E-state index < -0.39 is 0 Å². The molecule has 1 atom stereocenters. The van der Waals surface area contributed by atoms with E-state index >= 15 is 0 Å². The van der Waals surface area contributed by atoms with Gasteiger partial charge in [0, 0.05) is 13.1 Å². The molecule has 1 saturated heterocycles. The Bertz CT molecular complexity index is 634. The van der Waals surface area contributed by atoms with Crippen LogP contribution in [0.4, 0.5) is 0 Å². The Kier molecular flexibility index (Phi) is 5.13. The van der Waals surface area contributed by atoms with Crippen LogP contribution in [-0.2, 0) is 6.54 Å². The van der Waals surface area contributed by atoms with E-state index in [1.165, 1.54) is 28.9 Å². The van der Waals surface area contributed by atoms with Crippen molar-refractivity contribution in [1.82, 2.24) is 9.80 Å². The fraction of sp³-hybridized carbons (Fsp3) is 0.421. The summed E-state index contributed by atoms with van der Waals surface area (Å²) in [6.07, 6.45) is 3.36. The molecule has 2 aromatic rings. The van der Waals surface area contributed by atoms with Gasteiger partial charge in [-0.15, -0.1) is 11.3 Å². The highest BCUT2D eigenvalue weighted by Gasteiger charge is 2.29. The second-order valence-electron chi connectivity index (χ2n) is 6.47. The standard InChI is InChI=1S/C19H24N2OS/c1-20(2)14-15-8-10-16(11-9-15)17-6-3-4-12-21(17)19(22)18-7-5-13-23-18/h5,7-11,13,17H,3-4,6,12,14H2,1-2H3. The number of carbonyl (C=O) groups is 1. The summed E-state index contributed by atoms with van der Waals surface area (Å²) in [5.41, 5.74) is 2.57. The van der Waals surface area contributed by atoms with E-state index in [0.717, 1.165) is 30.8 Å². The molecule has 1 aromatic carbocycles. The predicted octanol–water partition coefficient (Wildman–Crippen LogP) is 4.18. The number of nitrogens with zero attached hydrogens (tertiary/aromatic N) is 2. The van der Waals surface area contributed by atoms with Crippen LogP contribution in [0.2, 0.25) is 0 Å². The van der Waals surface area contributed by atoms with Crippen molar-refractivity contribution in [2.45, 2.75) is 31.8 Å². The summed E-state index contributed by atoms with van der Waals surface area (Å²) in [6, 6.07) is 12.9. The fourth-order valence-corrected chi connectivity index (χ4v) is 3.95. The first-order chi connectivity index (χ1) is 11.1. The van der Waals surface area contributed by atoms with Crippen molar-refractivity contribution in [3.63, 3.8) is 0 Å². The highest BCUT2D eigenvalue weighted by atomic mass is 32.1. The number of likely N-dealkylation sites (tertiary alicyclic amines) is 1. The SMILES string of the molecule is CN(C)Cc1ccc(C2CCCCN2C(=O)c2cccs2)cc1. The molecule has 1 amide bonds. The maximum Gasteiger partial charge on any atom is 0.264 e. The van der Waals surface area contributed by atoms with Gasteiger partial charge in [0.15, 0.2) is 0 Å². The van der Waals surface area contributed by atoms with E-state index in [1.807, 2.05) is 17.5 Å². The smallest absolute Gasteiger partial charge is 0.264 e. The molecule has 3 rings (SSSR count). The molecule has 122 valence electrons. The van der Waals surface area contributed by atoms with Crippen molar-refractivity contribution < 1.29 is 4.79 Å². The van der Waals surface area contributed by atoms with Gasteiger partial charge in [-0.25, -0.2) is 0 Å². The third-order valence-corrected chi connectivity index (χ3v) is 5.22. The second-order valence-corrected chi connectivity index (χ2v) is 7.41. The van der Waals surface area contributed by atoms with E-state index in [0.29, 0.717) is 0 Å². The van der Waals surface area contributed by atoms with Gasteiger partial charge in [-0.1, -0.05) is 30.3 Å². The minimum atomic E-state index is 0.182. The van der Waals surface area contributed by atoms with Gasteiger partial charge in [-0.2, -0.15) is 0 Å². The van der Waals surface area contributed by atoms with Gasteiger partial charge in [0.05, 0.1) is 10.9 Å². The van der Waals surface area contributed by atoms with Crippen LogP contribution in [0.3, 0.4) is 0 Å². The van der Waals surface area contributed by atoms with Crippen molar-refractivity contribution in [1.29, 1.82) is 0 Å². The van der Waals surface area contributed by atoms with Crippen molar-refractivity contribution >= 4 is 17.2 Å². The maximum absolute atomic E-state index is 12.8. The molecule has 1 fully saturated rings. The first-order valence-electron chi connectivity index (χ1n) is 8.23. The Balaban J connectivity index is 1.79. The van der Waals surface area contributed by atoms with Gasteiger partial charge in [0.25, 0.3) is 5.91 Å². The molecule has 0 saturated carbocycles. The Morgan fingerprint density at radius 3 is 2.65 bits per heavy atom. The second kappa shape index (κ2) is 7.28. The molecule has 1 aliphatic heterocycles. The molecule has 0 radical (unpaired) electrons. The minimum absolute atomic E-state index is 0.182. The van der Waals surface area contributed by atoms with Gasteiger partial charge in [-0.05, 0) is 55.9 Å². The van der Waals surface area contributed by atoms with E-state index in [9.17, 15) is 4.79 Å². The van der Waals surface area contributed by atoms with Crippen molar-refractivity contribution in [3.8, 4) is 0 Å². The predicted molar refractivity (Wildman–Crippen MR) is 95.8 cm³/mol. The van der Waals surface area contributed by atoms with Crippen LogP contribution in [0.5, 0.6) is 0 Å². The molecule has 0 aliphatic carbocycles. The molecular formula is C19H24N2OS. The van der Waals surface area contributed by atoms with Crippen LogP contribution in [0.25, 0.3) is 0 Å². The first-order valence-corrected chi connectivity index (χ1v) is 9.11. The number of rotatable bonds is 4. The Morgan fingerprint density at radius 2 is 2.00 bits per heavy atom. The molecule has 0 N–H and O–H groups in total. The molecule has 23 heavy (non-hydrogen) atoms. The van der Waals surface area contributed by atoms with Crippen LogP contribution in [0, 0.1) is 0 Å². The van der Waals surface area contributed by atoms with Crippen LogP contribution < -0.4 is 0 Å². The van der Waals surface area contributed by atoms with Crippen LogP contribution in [0.15, 0.2) is 41.8 Å². The molecule has 2 heterocycles. The summed E-state index contributed by atoms with van der Waals surface area (Å²) >= 11 is 1.53. The zero-order valence-electron chi connectivity index (χ0n) is 13.9. The van der Waals surface area contributed by atoms with Gasteiger partial charge in [-0.3, -0.25) is 4.79 Å². The van der Waals surface area contributed by atoms with Gasteiger partial charge >= 0.3 is 0 Å². The monoisotopic (exact) mass is 328 g/mol. The molecule has 1 unspecified atom stereocenters. The summed E-state index contributed by atoms with van der Waals surface area (Å²) < 4.78 is 0. The lowest BCUT2D eigenvalue weighted by Gasteiger charge is -2.36. The fourth-order valence-electron chi connectivity index (χ4n) is 3.27. The number of carbonyl (C=O) groups excluding carboxylic acids is 1. The maximum atomic E-state index is 12.8. The average molecular weight is 328 g/mol. The van der Waals surface area contributed by atoms with Gasteiger partial charge in [0.1, 0.15) is 0 Å². The lowest BCUT2D eigenvalue weighted by molar-refractivity contribution is 0.0616. The largest absolute Gasteiger partial charge is 0.331 e. The number of amides is 1. The highest BCUT2D eigenvalue weighted by Crippen LogP contribution is 2.33. The number of benzene rings is 1. The van der Waals surface area contributed by atoms with Crippen LogP contribution >= 0.6 is 11.3 Å². The Labute approximate surface area is 142 Å². The minimum Gasteiger partial charge on any atom is -0.331 e. The first kappa shape index (κ1) is 16.2. The lowest BCUT2D eigenvalue weighted by Crippen LogP contribution is -2.38. The number of piperidine rings is 1. The number of hydrogen-bond donors (Lipinski definition) is 0. The molecule has 4 heteroatoms. The van der Waals surface area contributed by atoms with E-state index in [1.54, 1.807) is 0 Å². The van der Waals surface area contributed by atoms with Crippen LogP contribution in [-0.4, -0.2) is 36.3 Å². The topological polar surface area (TPSA) is 23.6 Å². The summed E-state index contributed by atoms with van der Waals surface area (Å²) in [4.78, 5) is 17.9. The van der Waals surface area contributed by atoms with E-state index in [2.05, 4.69) is 48.2 Å². The third-order valence-electron chi connectivity index (χ3n) is 4.36. The average Bonchev–Trinajstić information content (AvgIpc) is 3.09. The summed E-state index contributed by atoms with van der Waals surface area (Å²) in [5.74, 6) is 0.182. The molecule has 1 aliphatic rings. The molecule has 0 spiro atoms. The van der Waals surface area contributed by atoms with E-state index in [4.69, 9.17) is 0 Å². The number of thiophene rings is 1. The Hall–Kier alpha value is -1.65. The zero-order chi connectivity index (χ0) is 16.2. The van der Waals surface area contributed by atoms with Crippen molar-refractivity contribution in [3.05, 3.63) is 57.8 Å². The normalized spacial score (nSPS) is 18.4. The van der Waals surface area contributed by atoms with Crippen LogP contribution in [0.1, 0.15) is 46.1 Å². The molecule has 0 bridgehead atoms.